The summed E-state index contributed by atoms with van der Waals surface area (Å²) in [6.07, 6.45) is 6.87. The lowest BCUT2D eigenvalue weighted by Crippen LogP contribution is -2.55. The van der Waals surface area contributed by atoms with Crippen molar-refractivity contribution in [3.8, 4) is 0 Å². The number of nitrogens with one attached hydrogen (secondary N) is 2. The second-order valence-corrected chi connectivity index (χ2v) is 7.61. The molecular formula is C19H30Cl2N4O2. The highest BCUT2D eigenvalue weighted by Crippen LogP contribution is 2.37. The van der Waals surface area contributed by atoms with Gasteiger partial charge < -0.3 is 10.6 Å². The molecule has 1 atom stereocenters. The molecule has 1 aromatic heterocycles. The Bertz CT molecular complexity index is 623. The van der Waals surface area contributed by atoms with E-state index in [-0.39, 0.29) is 42.7 Å². The number of carbonyl (C=O) groups is 2. The van der Waals surface area contributed by atoms with Crippen molar-refractivity contribution in [2.75, 3.05) is 13.1 Å². The molecule has 6 nitrogen and oxygen atoms in total. The number of pyridine rings is 1. The zero-order valence-corrected chi connectivity index (χ0v) is 17.6. The number of urea groups is 1. The van der Waals surface area contributed by atoms with Crippen molar-refractivity contribution in [3.63, 3.8) is 0 Å². The Morgan fingerprint density at radius 3 is 2.41 bits per heavy atom. The normalized spacial score (nSPS) is 23.0. The maximum absolute atomic E-state index is 13.4. The van der Waals surface area contributed by atoms with E-state index in [4.69, 9.17) is 0 Å². The van der Waals surface area contributed by atoms with E-state index in [9.17, 15) is 9.59 Å². The smallest absolute Gasteiger partial charge is 0.323 e. The Morgan fingerprint density at radius 2 is 1.81 bits per heavy atom. The molecule has 1 aromatic rings. The highest BCUT2D eigenvalue weighted by molar-refractivity contribution is 6.07. The van der Waals surface area contributed by atoms with Crippen LogP contribution in [0.1, 0.15) is 45.1 Å². The van der Waals surface area contributed by atoms with E-state index in [2.05, 4.69) is 29.5 Å². The van der Waals surface area contributed by atoms with Gasteiger partial charge in [-0.15, -0.1) is 24.8 Å². The highest BCUT2D eigenvalue weighted by Gasteiger charge is 2.55. The van der Waals surface area contributed by atoms with Crippen LogP contribution in [0.2, 0.25) is 0 Å². The van der Waals surface area contributed by atoms with Crippen LogP contribution >= 0.6 is 24.8 Å². The van der Waals surface area contributed by atoms with Crippen molar-refractivity contribution >= 4 is 36.8 Å². The zero-order valence-electron chi connectivity index (χ0n) is 15.9. The molecule has 0 saturated carbocycles. The predicted molar refractivity (Wildman–Crippen MR) is 110 cm³/mol. The van der Waals surface area contributed by atoms with Gasteiger partial charge in [-0.1, -0.05) is 13.8 Å². The third kappa shape index (κ3) is 5.12. The lowest BCUT2D eigenvalue weighted by atomic mass is 9.74. The quantitative estimate of drug-likeness (QED) is 0.698. The maximum atomic E-state index is 13.4. The zero-order chi connectivity index (χ0) is 17.9. The summed E-state index contributed by atoms with van der Waals surface area (Å²) in [5.74, 6) is 0.644. The lowest BCUT2D eigenvalue weighted by molar-refractivity contribution is -0.134. The van der Waals surface area contributed by atoms with Crippen molar-refractivity contribution in [1.82, 2.24) is 20.5 Å². The van der Waals surface area contributed by atoms with Crippen LogP contribution < -0.4 is 10.6 Å². The number of amides is 3. The van der Waals surface area contributed by atoms with Crippen LogP contribution in [-0.2, 0) is 11.3 Å². The summed E-state index contributed by atoms with van der Waals surface area (Å²) in [6.45, 7) is 6.43. The third-order valence-corrected chi connectivity index (χ3v) is 5.44. The van der Waals surface area contributed by atoms with Crippen LogP contribution in [0.4, 0.5) is 4.79 Å². The molecule has 0 bridgehead atoms. The number of halogens is 2. The number of hydrogen-bond acceptors (Lipinski definition) is 4. The summed E-state index contributed by atoms with van der Waals surface area (Å²) >= 11 is 0. The first-order valence-corrected chi connectivity index (χ1v) is 9.26. The number of piperidine rings is 1. The summed E-state index contributed by atoms with van der Waals surface area (Å²) < 4.78 is 0. The molecule has 27 heavy (non-hydrogen) atoms. The Balaban J connectivity index is 0.00000182. The van der Waals surface area contributed by atoms with Crippen LogP contribution in [0.15, 0.2) is 24.5 Å². The molecule has 8 heteroatoms. The summed E-state index contributed by atoms with van der Waals surface area (Å²) in [4.78, 5) is 31.4. The van der Waals surface area contributed by atoms with Gasteiger partial charge in [-0.2, -0.15) is 0 Å². The average Bonchev–Trinajstić information content (AvgIpc) is 2.87. The average molecular weight is 417 g/mol. The van der Waals surface area contributed by atoms with Crippen molar-refractivity contribution < 1.29 is 9.59 Å². The topological polar surface area (TPSA) is 74.3 Å². The first-order valence-electron chi connectivity index (χ1n) is 9.26. The standard InChI is InChI=1S/C19H28N4O2.2ClH/c1-14(2)3-8-19(16-6-11-21-12-7-16)17(24)23(18(25)22-19)13-15-4-9-20-10-5-15;;/h4-5,9-10,14,16,21H,3,6-8,11-13H2,1-2H3,(H,22,25);2*1H. The predicted octanol–water partition coefficient (Wildman–Crippen LogP) is 3.15. The van der Waals surface area contributed by atoms with E-state index in [1.54, 1.807) is 12.4 Å². The number of rotatable bonds is 6. The lowest BCUT2D eigenvalue weighted by Gasteiger charge is -2.38. The maximum Gasteiger partial charge on any atom is 0.325 e. The number of nitrogens with zero attached hydrogens (tertiary/aromatic N) is 2. The molecule has 1 unspecified atom stereocenters. The summed E-state index contributed by atoms with van der Waals surface area (Å²) in [5, 5.41) is 6.46. The van der Waals surface area contributed by atoms with Gasteiger partial charge in [0.15, 0.2) is 0 Å². The number of imide groups is 1. The van der Waals surface area contributed by atoms with Crippen molar-refractivity contribution in [3.05, 3.63) is 30.1 Å². The molecule has 0 aliphatic carbocycles. The summed E-state index contributed by atoms with van der Waals surface area (Å²) in [6, 6.07) is 3.43. The minimum absolute atomic E-state index is 0. The first-order chi connectivity index (χ1) is 12.0. The molecule has 2 N–H and O–H groups in total. The van der Waals surface area contributed by atoms with E-state index in [1.165, 1.54) is 4.90 Å². The molecule has 2 aliphatic heterocycles. The van der Waals surface area contributed by atoms with Gasteiger partial charge in [0.2, 0.25) is 0 Å². The van der Waals surface area contributed by atoms with Crippen LogP contribution in [-0.4, -0.2) is 40.5 Å². The molecule has 3 rings (SSSR count). The van der Waals surface area contributed by atoms with Gasteiger partial charge in [0.25, 0.3) is 5.91 Å². The van der Waals surface area contributed by atoms with Crippen LogP contribution in [0.3, 0.4) is 0 Å². The van der Waals surface area contributed by atoms with Crippen LogP contribution in [0.25, 0.3) is 0 Å². The van der Waals surface area contributed by atoms with Gasteiger partial charge in [0, 0.05) is 12.4 Å². The fourth-order valence-corrected chi connectivity index (χ4v) is 3.94. The molecule has 0 aromatic carbocycles. The van der Waals surface area contributed by atoms with Gasteiger partial charge in [-0.25, -0.2) is 4.79 Å². The van der Waals surface area contributed by atoms with Gasteiger partial charge >= 0.3 is 6.03 Å². The molecule has 2 aliphatic rings. The molecule has 3 heterocycles. The second kappa shape index (κ2) is 10.2. The molecule has 152 valence electrons. The van der Waals surface area contributed by atoms with Crippen LogP contribution in [0.5, 0.6) is 0 Å². The van der Waals surface area contributed by atoms with Crippen molar-refractivity contribution in [2.24, 2.45) is 11.8 Å². The Kier molecular flexibility index (Phi) is 8.99. The van der Waals surface area contributed by atoms with Crippen LogP contribution in [0, 0.1) is 11.8 Å². The SMILES string of the molecule is CC(C)CCC1(C2CCNCC2)NC(=O)N(Cc2ccncc2)C1=O.Cl.Cl. The minimum Gasteiger partial charge on any atom is -0.323 e. The third-order valence-electron chi connectivity index (χ3n) is 5.44. The molecular weight excluding hydrogens is 387 g/mol. The number of carbonyl (C=O) groups excluding carboxylic acids is 2. The van der Waals surface area contributed by atoms with E-state index in [0.717, 1.165) is 37.9 Å². The second-order valence-electron chi connectivity index (χ2n) is 7.61. The Labute approximate surface area is 173 Å². The fourth-order valence-electron chi connectivity index (χ4n) is 3.94. The highest BCUT2D eigenvalue weighted by atomic mass is 35.5. The molecule has 0 spiro atoms. The van der Waals surface area contributed by atoms with Gasteiger partial charge in [-0.3, -0.25) is 14.7 Å². The molecule has 3 amide bonds. The molecule has 0 radical (unpaired) electrons. The number of hydrogen-bond donors (Lipinski definition) is 2. The molecule has 2 saturated heterocycles. The number of aromatic nitrogens is 1. The van der Waals surface area contributed by atoms with E-state index < -0.39 is 5.54 Å². The van der Waals surface area contributed by atoms with Crippen molar-refractivity contribution in [2.45, 2.75) is 51.6 Å². The van der Waals surface area contributed by atoms with E-state index in [1.807, 2.05) is 12.1 Å². The fraction of sp³-hybridized carbons (Fsp3) is 0.632. The Morgan fingerprint density at radius 1 is 1.19 bits per heavy atom. The van der Waals surface area contributed by atoms with E-state index >= 15 is 0 Å². The largest absolute Gasteiger partial charge is 0.325 e. The van der Waals surface area contributed by atoms with Gasteiger partial charge in [0.05, 0.1) is 6.54 Å². The summed E-state index contributed by atoms with van der Waals surface area (Å²) in [5.41, 5.74) is 0.180. The van der Waals surface area contributed by atoms with Crippen molar-refractivity contribution in [1.29, 1.82) is 0 Å². The first kappa shape index (κ1) is 23.7. The van der Waals surface area contributed by atoms with E-state index in [0.29, 0.717) is 18.9 Å². The summed E-state index contributed by atoms with van der Waals surface area (Å²) in [7, 11) is 0. The minimum atomic E-state index is -0.740. The monoisotopic (exact) mass is 416 g/mol. The van der Waals surface area contributed by atoms with Gasteiger partial charge in [0.1, 0.15) is 5.54 Å². The van der Waals surface area contributed by atoms with Gasteiger partial charge in [-0.05, 0) is 68.3 Å². The Hall–Kier alpha value is -1.37. The molecule has 2 fully saturated rings.